The number of methoxy groups -OCH3 is 1. The van der Waals surface area contributed by atoms with Crippen molar-refractivity contribution in [3.8, 4) is 5.75 Å². The van der Waals surface area contributed by atoms with E-state index in [-0.39, 0.29) is 0 Å². The molecule has 0 unspecified atom stereocenters. The van der Waals surface area contributed by atoms with Crippen molar-refractivity contribution in [2.75, 3.05) is 7.11 Å². The summed E-state index contributed by atoms with van der Waals surface area (Å²) in [6, 6.07) is 15.4. The van der Waals surface area contributed by atoms with Crippen LogP contribution in [0.2, 0.25) is 0 Å². The van der Waals surface area contributed by atoms with Gasteiger partial charge in [0.05, 0.1) is 12.7 Å². The smallest absolute Gasteiger partial charge is 0.289 e. The molecule has 0 atom stereocenters. The third kappa shape index (κ3) is 2.65. The first-order valence-electron chi connectivity index (χ1n) is 7.58. The Kier molecular flexibility index (Phi) is 4.08. The molecule has 0 aliphatic rings. The SMILES string of the molecule is COc1ccc2c(c1)c(C(=O)C(N)=O)c(C)n2Cc1ccccc1. The van der Waals surface area contributed by atoms with E-state index in [2.05, 4.69) is 0 Å². The van der Waals surface area contributed by atoms with Gasteiger partial charge in [-0.25, -0.2) is 0 Å². The predicted octanol–water partition coefficient (Wildman–Crippen LogP) is 2.67. The van der Waals surface area contributed by atoms with E-state index in [4.69, 9.17) is 10.5 Å². The number of amides is 1. The number of aromatic nitrogens is 1. The first-order chi connectivity index (χ1) is 11.5. The topological polar surface area (TPSA) is 74.3 Å². The normalized spacial score (nSPS) is 10.8. The minimum atomic E-state index is -0.959. The number of carbonyl (C=O) groups excluding carboxylic acids is 2. The molecule has 0 aliphatic heterocycles. The van der Waals surface area contributed by atoms with Gasteiger partial charge < -0.3 is 15.0 Å². The van der Waals surface area contributed by atoms with Gasteiger partial charge in [-0.3, -0.25) is 9.59 Å². The summed E-state index contributed by atoms with van der Waals surface area (Å²) in [4.78, 5) is 23.8. The lowest BCUT2D eigenvalue weighted by atomic mass is 10.1. The quantitative estimate of drug-likeness (QED) is 0.580. The maximum atomic E-state index is 12.3. The zero-order valence-corrected chi connectivity index (χ0v) is 13.6. The van der Waals surface area contributed by atoms with Crippen molar-refractivity contribution in [3.05, 3.63) is 65.4 Å². The molecule has 1 heterocycles. The number of carbonyl (C=O) groups is 2. The van der Waals surface area contributed by atoms with Crippen molar-refractivity contribution in [1.82, 2.24) is 4.57 Å². The summed E-state index contributed by atoms with van der Waals surface area (Å²) >= 11 is 0. The van der Waals surface area contributed by atoms with Gasteiger partial charge in [0.1, 0.15) is 5.75 Å². The van der Waals surface area contributed by atoms with Gasteiger partial charge in [-0.05, 0) is 30.7 Å². The Labute approximate surface area is 139 Å². The second-order valence-corrected chi connectivity index (χ2v) is 5.61. The second-order valence-electron chi connectivity index (χ2n) is 5.61. The number of nitrogens with two attached hydrogens (primary N) is 1. The number of benzene rings is 2. The minimum Gasteiger partial charge on any atom is -0.497 e. The van der Waals surface area contributed by atoms with E-state index in [1.54, 1.807) is 13.2 Å². The molecule has 122 valence electrons. The number of ketones is 1. The molecular formula is C19H18N2O3. The maximum absolute atomic E-state index is 12.3. The Hall–Kier alpha value is -3.08. The Balaban J connectivity index is 2.24. The summed E-state index contributed by atoms with van der Waals surface area (Å²) in [5.41, 5.74) is 8.25. The fourth-order valence-electron chi connectivity index (χ4n) is 2.97. The van der Waals surface area contributed by atoms with Gasteiger partial charge in [-0.1, -0.05) is 30.3 Å². The number of fused-ring (bicyclic) bond motifs is 1. The van der Waals surface area contributed by atoms with Crippen molar-refractivity contribution in [3.63, 3.8) is 0 Å². The van der Waals surface area contributed by atoms with Crippen LogP contribution in [0.5, 0.6) is 5.75 Å². The van der Waals surface area contributed by atoms with Crippen molar-refractivity contribution in [2.45, 2.75) is 13.5 Å². The van der Waals surface area contributed by atoms with Crippen LogP contribution in [0.15, 0.2) is 48.5 Å². The van der Waals surface area contributed by atoms with Crippen LogP contribution >= 0.6 is 0 Å². The van der Waals surface area contributed by atoms with E-state index in [0.29, 0.717) is 28.9 Å². The highest BCUT2D eigenvalue weighted by Gasteiger charge is 2.23. The third-order valence-corrected chi connectivity index (χ3v) is 4.16. The molecule has 2 N–H and O–H groups in total. The van der Waals surface area contributed by atoms with Gasteiger partial charge in [-0.2, -0.15) is 0 Å². The van der Waals surface area contributed by atoms with Crippen molar-refractivity contribution in [2.24, 2.45) is 5.73 Å². The largest absolute Gasteiger partial charge is 0.497 e. The van der Waals surface area contributed by atoms with Crippen molar-refractivity contribution in [1.29, 1.82) is 0 Å². The van der Waals surface area contributed by atoms with E-state index in [1.807, 2.05) is 54.0 Å². The number of primary amides is 1. The van der Waals surface area contributed by atoms with Gasteiger partial charge in [0.25, 0.3) is 11.7 Å². The molecule has 1 amide bonds. The number of hydrogen-bond acceptors (Lipinski definition) is 3. The minimum absolute atomic E-state index is 0.340. The molecule has 0 aliphatic carbocycles. The van der Waals surface area contributed by atoms with Crippen LogP contribution in [-0.4, -0.2) is 23.4 Å². The van der Waals surface area contributed by atoms with Gasteiger partial charge in [0.2, 0.25) is 0 Å². The summed E-state index contributed by atoms with van der Waals surface area (Å²) < 4.78 is 7.26. The standard InChI is InChI=1S/C19H18N2O3/c1-12-17(18(22)19(20)23)15-10-14(24-2)8-9-16(15)21(12)11-13-6-4-3-5-7-13/h3-10H,11H2,1-2H3,(H2,20,23). The first kappa shape index (κ1) is 15.8. The summed E-state index contributed by atoms with van der Waals surface area (Å²) in [6.45, 7) is 2.42. The molecule has 5 heteroatoms. The molecule has 0 spiro atoms. The number of nitrogens with zero attached hydrogens (tertiary/aromatic N) is 1. The molecule has 1 aromatic heterocycles. The molecule has 0 saturated carbocycles. The zero-order valence-electron chi connectivity index (χ0n) is 13.6. The van der Waals surface area contributed by atoms with E-state index >= 15 is 0 Å². The molecule has 0 fully saturated rings. The Morgan fingerprint density at radius 3 is 2.46 bits per heavy atom. The molecule has 2 aromatic carbocycles. The lowest BCUT2D eigenvalue weighted by Crippen LogP contribution is -2.23. The Bertz CT molecular complexity index is 927. The Morgan fingerprint density at radius 2 is 1.83 bits per heavy atom. The third-order valence-electron chi connectivity index (χ3n) is 4.16. The number of hydrogen-bond donors (Lipinski definition) is 1. The van der Waals surface area contributed by atoms with E-state index < -0.39 is 11.7 Å². The molecular weight excluding hydrogens is 304 g/mol. The predicted molar refractivity (Wildman–Crippen MR) is 92.3 cm³/mol. The molecule has 3 rings (SSSR count). The van der Waals surface area contributed by atoms with Gasteiger partial charge >= 0.3 is 0 Å². The fraction of sp³-hybridized carbons (Fsp3) is 0.158. The number of ether oxygens (including phenoxy) is 1. The summed E-state index contributed by atoms with van der Waals surface area (Å²) in [6.07, 6.45) is 0. The molecule has 0 bridgehead atoms. The van der Waals surface area contributed by atoms with Gasteiger partial charge in [-0.15, -0.1) is 0 Å². The monoisotopic (exact) mass is 322 g/mol. The Morgan fingerprint density at radius 1 is 1.12 bits per heavy atom. The lowest BCUT2D eigenvalue weighted by molar-refractivity contribution is -0.114. The highest BCUT2D eigenvalue weighted by Crippen LogP contribution is 2.30. The number of Topliss-reactive ketones (excluding diaryl/α,β-unsaturated/α-hetero) is 1. The molecule has 24 heavy (non-hydrogen) atoms. The zero-order chi connectivity index (χ0) is 17.3. The summed E-state index contributed by atoms with van der Waals surface area (Å²) in [5.74, 6) is -1.02. The highest BCUT2D eigenvalue weighted by molar-refractivity contribution is 6.44. The van der Waals surface area contributed by atoms with Crippen molar-refractivity contribution < 1.29 is 14.3 Å². The molecule has 5 nitrogen and oxygen atoms in total. The van der Waals surface area contributed by atoms with Crippen LogP contribution in [-0.2, 0) is 11.3 Å². The summed E-state index contributed by atoms with van der Waals surface area (Å²) in [7, 11) is 1.56. The lowest BCUT2D eigenvalue weighted by Gasteiger charge is -2.09. The van der Waals surface area contributed by atoms with Crippen LogP contribution in [0.1, 0.15) is 21.6 Å². The van der Waals surface area contributed by atoms with Gasteiger partial charge in [0.15, 0.2) is 0 Å². The van der Waals surface area contributed by atoms with E-state index in [9.17, 15) is 9.59 Å². The van der Waals surface area contributed by atoms with E-state index in [1.165, 1.54) is 0 Å². The average molecular weight is 322 g/mol. The highest BCUT2D eigenvalue weighted by atomic mass is 16.5. The van der Waals surface area contributed by atoms with E-state index in [0.717, 1.165) is 11.1 Å². The van der Waals surface area contributed by atoms with Crippen LogP contribution in [0, 0.1) is 6.92 Å². The first-order valence-corrected chi connectivity index (χ1v) is 7.58. The van der Waals surface area contributed by atoms with Crippen LogP contribution in [0.3, 0.4) is 0 Å². The van der Waals surface area contributed by atoms with Crippen LogP contribution in [0.25, 0.3) is 10.9 Å². The van der Waals surface area contributed by atoms with Crippen LogP contribution < -0.4 is 10.5 Å². The molecule has 3 aromatic rings. The van der Waals surface area contributed by atoms with Crippen LogP contribution in [0.4, 0.5) is 0 Å². The molecule has 0 saturated heterocycles. The molecule has 0 radical (unpaired) electrons. The second kappa shape index (κ2) is 6.20. The maximum Gasteiger partial charge on any atom is 0.289 e. The average Bonchev–Trinajstić information content (AvgIpc) is 2.86. The summed E-state index contributed by atoms with van der Waals surface area (Å²) in [5, 5.41) is 0.673. The number of rotatable bonds is 5. The van der Waals surface area contributed by atoms with Crippen molar-refractivity contribution >= 4 is 22.6 Å². The van der Waals surface area contributed by atoms with Gasteiger partial charge in [0, 0.05) is 23.1 Å². The fourth-order valence-corrected chi connectivity index (χ4v) is 2.97.